The molecule has 0 unspecified atom stereocenters. The smallest absolute Gasteiger partial charge is 0.187 e. The number of rotatable bonds is 3. The number of aryl methyl sites for hydroxylation is 1. The molecule has 0 saturated carbocycles. The van der Waals surface area contributed by atoms with E-state index in [1.807, 2.05) is 36.4 Å². The second kappa shape index (κ2) is 5.05. The zero-order chi connectivity index (χ0) is 15.1. The van der Waals surface area contributed by atoms with Crippen LogP contribution in [0.5, 0.6) is 0 Å². The minimum atomic E-state index is -0.293. The highest BCUT2D eigenvalue weighted by Gasteiger charge is 2.32. The van der Waals surface area contributed by atoms with Crippen LogP contribution in [0, 0.1) is 5.82 Å². The predicted molar refractivity (Wildman–Crippen MR) is 82.4 cm³/mol. The lowest BCUT2D eigenvalue weighted by molar-refractivity contribution is 0.398. The monoisotopic (exact) mass is 297 g/mol. The van der Waals surface area contributed by atoms with E-state index >= 15 is 0 Å². The summed E-state index contributed by atoms with van der Waals surface area (Å²) in [6.07, 6.45) is 3.88. The van der Waals surface area contributed by atoms with Gasteiger partial charge < -0.3 is 9.47 Å². The SMILES string of the molecule is CCc1ncnc(N2CC(n3cnc4ccccc43)C2)c1F. The molecule has 0 atom stereocenters. The number of aromatic nitrogens is 4. The average molecular weight is 297 g/mol. The van der Waals surface area contributed by atoms with E-state index < -0.39 is 0 Å². The standard InChI is InChI=1S/C16H16FN5/c1-2-12-15(17)16(19-9-18-12)21-7-11(8-21)22-10-20-13-5-3-4-6-14(13)22/h3-6,9-11H,2,7-8H2,1H3. The van der Waals surface area contributed by atoms with E-state index in [0.717, 1.165) is 24.1 Å². The minimum Gasteiger partial charge on any atom is -0.350 e. The summed E-state index contributed by atoms with van der Waals surface area (Å²) in [5, 5.41) is 0. The second-order valence-corrected chi connectivity index (χ2v) is 5.51. The van der Waals surface area contributed by atoms with Crippen LogP contribution in [0.1, 0.15) is 18.7 Å². The molecule has 112 valence electrons. The number of benzene rings is 1. The number of imidazole rings is 1. The van der Waals surface area contributed by atoms with Crippen molar-refractivity contribution >= 4 is 16.9 Å². The fraction of sp³-hybridized carbons (Fsp3) is 0.312. The summed E-state index contributed by atoms with van der Waals surface area (Å²) >= 11 is 0. The van der Waals surface area contributed by atoms with E-state index in [9.17, 15) is 4.39 Å². The average Bonchev–Trinajstić information content (AvgIpc) is 2.92. The molecule has 0 aliphatic carbocycles. The number of halogens is 1. The highest BCUT2D eigenvalue weighted by molar-refractivity contribution is 5.75. The highest BCUT2D eigenvalue weighted by Crippen LogP contribution is 2.30. The van der Waals surface area contributed by atoms with Crippen molar-refractivity contribution in [2.45, 2.75) is 19.4 Å². The Balaban J connectivity index is 1.57. The van der Waals surface area contributed by atoms with E-state index in [1.54, 1.807) is 0 Å². The van der Waals surface area contributed by atoms with Crippen LogP contribution in [0.3, 0.4) is 0 Å². The van der Waals surface area contributed by atoms with Crippen LogP contribution < -0.4 is 4.90 Å². The second-order valence-electron chi connectivity index (χ2n) is 5.51. The van der Waals surface area contributed by atoms with E-state index in [1.165, 1.54) is 6.33 Å². The Hall–Kier alpha value is -2.50. The van der Waals surface area contributed by atoms with E-state index in [-0.39, 0.29) is 5.82 Å². The van der Waals surface area contributed by atoms with Crippen molar-refractivity contribution in [1.82, 2.24) is 19.5 Å². The van der Waals surface area contributed by atoms with Gasteiger partial charge in [-0.3, -0.25) is 0 Å². The Bertz CT molecular complexity index is 822. The normalized spacial score (nSPS) is 15.3. The molecule has 0 radical (unpaired) electrons. The number of anilines is 1. The molecule has 0 N–H and O–H groups in total. The molecule has 0 spiro atoms. The van der Waals surface area contributed by atoms with Crippen molar-refractivity contribution < 1.29 is 4.39 Å². The third kappa shape index (κ3) is 1.94. The maximum atomic E-state index is 14.3. The van der Waals surface area contributed by atoms with Crippen molar-refractivity contribution in [3.63, 3.8) is 0 Å². The molecule has 4 rings (SSSR count). The van der Waals surface area contributed by atoms with E-state index in [2.05, 4.69) is 25.6 Å². The Labute approximate surface area is 127 Å². The van der Waals surface area contributed by atoms with Crippen molar-refractivity contribution in [2.24, 2.45) is 0 Å². The fourth-order valence-corrected chi connectivity index (χ4v) is 2.94. The number of hydrogen-bond acceptors (Lipinski definition) is 4. The van der Waals surface area contributed by atoms with Crippen molar-refractivity contribution in [2.75, 3.05) is 18.0 Å². The molecule has 2 aromatic heterocycles. The Morgan fingerprint density at radius 1 is 1.18 bits per heavy atom. The van der Waals surface area contributed by atoms with Crippen molar-refractivity contribution in [1.29, 1.82) is 0 Å². The topological polar surface area (TPSA) is 46.8 Å². The van der Waals surface area contributed by atoms with Gasteiger partial charge in [-0.25, -0.2) is 19.3 Å². The lowest BCUT2D eigenvalue weighted by Crippen LogP contribution is -2.48. The first-order valence-electron chi connectivity index (χ1n) is 7.43. The van der Waals surface area contributed by atoms with Crippen LogP contribution in [0.15, 0.2) is 36.9 Å². The first-order valence-corrected chi connectivity index (χ1v) is 7.43. The Morgan fingerprint density at radius 3 is 2.82 bits per heavy atom. The fourth-order valence-electron chi connectivity index (χ4n) is 2.94. The van der Waals surface area contributed by atoms with Gasteiger partial charge >= 0.3 is 0 Å². The summed E-state index contributed by atoms with van der Waals surface area (Å²) in [5.41, 5.74) is 2.58. The van der Waals surface area contributed by atoms with Gasteiger partial charge in [0.2, 0.25) is 0 Å². The summed E-state index contributed by atoms with van der Waals surface area (Å²) in [6.45, 7) is 3.36. The maximum Gasteiger partial charge on any atom is 0.187 e. The number of fused-ring (bicyclic) bond motifs is 1. The minimum absolute atomic E-state index is 0.293. The lowest BCUT2D eigenvalue weighted by atomic mass is 10.1. The molecule has 1 fully saturated rings. The van der Waals surface area contributed by atoms with Gasteiger partial charge in [0.1, 0.15) is 6.33 Å². The van der Waals surface area contributed by atoms with Gasteiger partial charge in [0, 0.05) is 13.1 Å². The highest BCUT2D eigenvalue weighted by atomic mass is 19.1. The third-order valence-corrected chi connectivity index (χ3v) is 4.21. The number of para-hydroxylation sites is 2. The summed E-state index contributed by atoms with van der Waals surface area (Å²) in [5.74, 6) is 0.117. The number of hydrogen-bond donors (Lipinski definition) is 0. The quantitative estimate of drug-likeness (QED) is 0.745. The summed E-state index contributed by atoms with van der Waals surface area (Å²) < 4.78 is 16.4. The molecule has 0 bridgehead atoms. The van der Waals surface area contributed by atoms with Gasteiger partial charge in [-0.05, 0) is 18.6 Å². The maximum absolute atomic E-state index is 14.3. The molecule has 0 amide bonds. The summed E-state index contributed by atoms with van der Waals surface area (Å²) in [6, 6.07) is 8.35. The molecule has 1 aliphatic rings. The van der Waals surface area contributed by atoms with Crippen molar-refractivity contribution in [3.8, 4) is 0 Å². The summed E-state index contributed by atoms with van der Waals surface area (Å²) in [7, 11) is 0. The van der Waals surface area contributed by atoms with Crippen LogP contribution >= 0.6 is 0 Å². The molecule has 1 saturated heterocycles. The molecule has 3 aromatic rings. The third-order valence-electron chi connectivity index (χ3n) is 4.21. The first-order chi connectivity index (χ1) is 10.8. The molecule has 5 nitrogen and oxygen atoms in total. The zero-order valence-corrected chi connectivity index (χ0v) is 12.3. The van der Waals surface area contributed by atoms with Crippen molar-refractivity contribution in [3.05, 3.63) is 48.4 Å². The molecule has 3 heterocycles. The molecule has 22 heavy (non-hydrogen) atoms. The summed E-state index contributed by atoms with van der Waals surface area (Å²) in [4.78, 5) is 14.4. The van der Waals surface area contributed by atoms with Gasteiger partial charge in [0.05, 0.1) is 29.1 Å². The zero-order valence-electron chi connectivity index (χ0n) is 12.3. The van der Waals surface area contributed by atoms with Gasteiger partial charge in [-0.2, -0.15) is 0 Å². The van der Waals surface area contributed by atoms with Gasteiger partial charge in [0.15, 0.2) is 11.6 Å². The molecule has 1 aliphatic heterocycles. The van der Waals surface area contributed by atoms with Crippen LogP contribution in [0.4, 0.5) is 10.2 Å². The molecular weight excluding hydrogens is 281 g/mol. The molecular formula is C16H16FN5. The van der Waals surface area contributed by atoms with Gasteiger partial charge in [-0.1, -0.05) is 19.1 Å². The largest absolute Gasteiger partial charge is 0.350 e. The van der Waals surface area contributed by atoms with E-state index in [4.69, 9.17) is 0 Å². The predicted octanol–water partition coefficient (Wildman–Crippen LogP) is 2.59. The Kier molecular flexibility index (Phi) is 3.03. The first kappa shape index (κ1) is 13.2. The van der Waals surface area contributed by atoms with Crippen LogP contribution in [-0.2, 0) is 6.42 Å². The van der Waals surface area contributed by atoms with Crippen LogP contribution in [-0.4, -0.2) is 32.6 Å². The van der Waals surface area contributed by atoms with Gasteiger partial charge in [0.25, 0.3) is 0 Å². The van der Waals surface area contributed by atoms with E-state index in [0.29, 0.717) is 24.0 Å². The lowest BCUT2D eigenvalue weighted by Gasteiger charge is -2.41. The van der Waals surface area contributed by atoms with Crippen LogP contribution in [0.2, 0.25) is 0 Å². The number of nitrogens with zero attached hydrogens (tertiary/aromatic N) is 5. The van der Waals surface area contributed by atoms with Gasteiger partial charge in [-0.15, -0.1) is 0 Å². The molecule has 1 aromatic carbocycles. The Morgan fingerprint density at radius 2 is 2.00 bits per heavy atom. The van der Waals surface area contributed by atoms with Crippen LogP contribution in [0.25, 0.3) is 11.0 Å². The molecule has 6 heteroatoms.